The maximum absolute atomic E-state index is 12.8. The molecule has 5 nitrogen and oxygen atoms in total. The van der Waals surface area contributed by atoms with E-state index in [9.17, 15) is 9.18 Å². The zero-order chi connectivity index (χ0) is 12.3. The Morgan fingerprint density at radius 1 is 1.47 bits per heavy atom. The molecule has 1 N–H and O–H groups in total. The van der Waals surface area contributed by atoms with Gasteiger partial charge in [0.25, 0.3) is 0 Å². The van der Waals surface area contributed by atoms with E-state index in [4.69, 9.17) is 14.4 Å². The van der Waals surface area contributed by atoms with Gasteiger partial charge < -0.3 is 14.4 Å². The molecule has 1 aromatic heterocycles. The van der Waals surface area contributed by atoms with Crippen LogP contribution >= 0.6 is 0 Å². The van der Waals surface area contributed by atoms with Gasteiger partial charge in [-0.2, -0.15) is 0 Å². The number of ether oxygens (including phenoxy) is 1. The normalized spacial score (nSPS) is 10.2. The predicted molar refractivity (Wildman–Crippen MR) is 54.2 cm³/mol. The fourth-order valence-corrected chi connectivity index (χ4v) is 1.19. The van der Waals surface area contributed by atoms with E-state index in [1.807, 2.05) is 0 Å². The molecule has 0 aliphatic carbocycles. The largest absolute Gasteiger partial charge is 0.485 e. The third-order valence-electron chi connectivity index (χ3n) is 1.96. The summed E-state index contributed by atoms with van der Waals surface area (Å²) in [5, 5.41) is 11.9. The Bertz CT molecular complexity index is 538. The first-order chi connectivity index (χ1) is 8.15. The minimum atomic E-state index is -1.18. The van der Waals surface area contributed by atoms with E-state index in [0.29, 0.717) is 5.75 Å². The van der Waals surface area contributed by atoms with Gasteiger partial charge in [0, 0.05) is 12.1 Å². The summed E-state index contributed by atoms with van der Waals surface area (Å²) in [5.41, 5.74) is -0.192. The Labute approximate surface area is 95.4 Å². The summed E-state index contributed by atoms with van der Waals surface area (Å²) in [6, 6.07) is 6.85. The number of rotatable bonds is 4. The molecule has 2 rings (SSSR count). The number of carboxylic acid groups (broad SMARTS) is 1. The van der Waals surface area contributed by atoms with E-state index in [2.05, 4.69) is 5.16 Å². The highest BCUT2D eigenvalue weighted by molar-refractivity contribution is 5.85. The number of aromatic carboxylic acids is 1. The lowest BCUT2D eigenvalue weighted by atomic mass is 10.3. The lowest BCUT2D eigenvalue weighted by Gasteiger charge is -2.02. The average molecular weight is 237 g/mol. The summed E-state index contributed by atoms with van der Waals surface area (Å²) < 4.78 is 22.7. The molecule has 2 aromatic rings. The van der Waals surface area contributed by atoms with Crippen molar-refractivity contribution in [3.8, 4) is 5.75 Å². The zero-order valence-electron chi connectivity index (χ0n) is 8.59. The molecule has 0 saturated carbocycles. The molecule has 0 fully saturated rings. The second-order valence-electron chi connectivity index (χ2n) is 3.23. The van der Waals surface area contributed by atoms with Gasteiger partial charge >= 0.3 is 5.97 Å². The van der Waals surface area contributed by atoms with Crippen LogP contribution in [0.15, 0.2) is 34.9 Å². The Hall–Kier alpha value is -2.37. The average Bonchev–Trinajstić information content (AvgIpc) is 2.75. The van der Waals surface area contributed by atoms with E-state index < -0.39 is 11.8 Å². The Balaban J connectivity index is 2.00. The van der Waals surface area contributed by atoms with Crippen molar-refractivity contribution in [3.63, 3.8) is 0 Å². The number of halogens is 1. The molecule has 0 bridgehead atoms. The van der Waals surface area contributed by atoms with E-state index in [-0.39, 0.29) is 18.1 Å². The van der Waals surface area contributed by atoms with Crippen LogP contribution in [-0.4, -0.2) is 16.2 Å². The lowest BCUT2D eigenvalue weighted by Crippen LogP contribution is -1.96. The molecule has 0 aliphatic rings. The van der Waals surface area contributed by atoms with Crippen LogP contribution in [0.5, 0.6) is 5.75 Å². The first-order valence-electron chi connectivity index (χ1n) is 4.72. The molecule has 0 amide bonds. The molecule has 1 aromatic carbocycles. The van der Waals surface area contributed by atoms with Crippen molar-refractivity contribution < 1.29 is 23.6 Å². The predicted octanol–water partition coefficient (Wildman–Crippen LogP) is 2.09. The summed E-state index contributed by atoms with van der Waals surface area (Å²) in [5.74, 6) is -0.998. The van der Waals surface area contributed by atoms with Crippen molar-refractivity contribution in [1.29, 1.82) is 0 Å². The maximum Gasteiger partial charge on any atom is 0.358 e. The third kappa shape index (κ3) is 2.81. The molecule has 88 valence electrons. The van der Waals surface area contributed by atoms with Gasteiger partial charge in [-0.3, -0.25) is 0 Å². The van der Waals surface area contributed by atoms with Gasteiger partial charge in [0.15, 0.2) is 11.5 Å². The van der Waals surface area contributed by atoms with Crippen LogP contribution in [0, 0.1) is 5.82 Å². The van der Waals surface area contributed by atoms with Crippen molar-refractivity contribution in [2.24, 2.45) is 0 Å². The standard InChI is InChI=1S/C11H8FNO4/c12-7-2-1-3-8(4-7)16-6-9-5-10(11(14)15)13-17-9/h1-5H,6H2,(H,14,15). The number of hydrogen-bond donors (Lipinski definition) is 1. The van der Waals surface area contributed by atoms with Gasteiger partial charge in [-0.15, -0.1) is 0 Å². The van der Waals surface area contributed by atoms with E-state index in [1.54, 1.807) is 6.07 Å². The Kier molecular flexibility index (Phi) is 3.04. The number of hydrogen-bond acceptors (Lipinski definition) is 4. The van der Waals surface area contributed by atoms with Crippen molar-refractivity contribution in [2.75, 3.05) is 0 Å². The molecule has 1 heterocycles. The van der Waals surface area contributed by atoms with Crippen LogP contribution in [0.2, 0.25) is 0 Å². The van der Waals surface area contributed by atoms with Gasteiger partial charge in [0.2, 0.25) is 0 Å². The zero-order valence-corrected chi connectivity index (χ0v) is 8.59. The van der Waals surface area contributed by atoms with Crippen LogP contribution in [0.3, 0.4) is 0 Å². The summed E-state index contributed by atoms with van der Waals surface area (Å²) in [6.07, 6.45) is 0. The second kappa shape index (κ2) is 4.65. The van der Waals surface area contributed by atoms with Crippen molar-refractivity contribution in [1.82, 2.24) is 5.16 Å². The molecule has 0 spiro atoms. The number of carboxylic acids is 1. The number of benzene rings is 1. The first kappa shape index (κ1) is 11.1. The summed E-state index contributed by atoms with van der Waals surface area (Å²) >= 11 is 0. The highest BCUT2D eigenvalue weighted by Gasteiger charge is 2.10. The smallest absolute Gasteiger partial charge is 0.358 e. The molecular weight excluding hydrogens is 229 g/mol. The summed E-state index contributed by atoms with van der Waals surface area (Å²) in [4.78, 5) is 10.5. The second-order valence-corrected chi connectivity index (χ2v) is 3.23. The molecule has 0 atom stereocenters. The van der Waals surface area contributed by atoms with Crippen molar-refractivity contribution in [2.45, 2.75) is 6.61 Å². The van der Waals surface area contributed by atoms with Gasteiger partial charge in [-0.25, -0.2) is 9.18 Å². The van der Waals surface area contributed by atoms with Gasteiger partial charge in [0.05, 0.1) is 0 Å². The van der Waals surface area contributed by atoms with Crippen LogP contribution < -0.4 is 4.74 Å². The third-order valence-corrected chi connectivity index (χ3v) is 1.96. The summed E-state index contributed by atoms with van der Waals surface area (Å²) in [6.45, 7) is -0.0102. The van der Waals surface area contributed by atoms with Crippen LogP contribution in [0.25, 0.3) is 0 Å². The fourth-order valence-electron chi connectivity index (χ4n) is 1.19. The molecule has 17 heavy (non-hydrogen) atoms. The van der Waals surface area contributed by atoms with Gasteiger partial charge in [0.1, 0.15) is 18.2 Å². The minimum Gasteiger partial charge on any atom is -0.485 e. The van der Waals surface area contributed by atoms with Crippen LogP contribution in [0.1, 0.15) is 16.2 Å². The van der Waals surface area contributed by atoms with Crippen LogP contribution in [-0.2, 0) is 6.61 Å². The van der Waals surface area contributed by atoms with Crippen molar-refractivity contribution in [3.05, 3.63) is 47.6 Å². The topological polar surface area (TPSA) is 72.6 Å². The fraction of sp³-hybridized carbons (Fsp3) is 0.0909. The van der Waals surface area contributed by atoms with Crippen LogP contribution in [0.4, 0.5) is 4.39 Å². The first-order valence-corrected chi connectivity index (χ1v) is 4.72. The number of aromatic nitrogens is 1. The molecule has 0 unspecified atom stereocenters. The Morgan fingerprint density at radius 2 is 2.29 bits per heavy atom. The maximum atomic E-state index is 12.8. The molecule has 0 saturated heterocycles. The van der Waals surface area contributed by atoms with Gasteiger partial charge in [-0.1, -0.05) is 11.2 Å². The lowest BCUT2D eigenvalue weighted by molar-refractivity contribution is 0.0685. The monoisotopic (exact) mass is 237 g/mol. The van der Waals surface area contributed by atoms with Gasteiger partial charge in [-0.05, 0) is 12.1 Å². The molecule has 6 heteroatoms. The quantitative estimate of drug-likeness (QED) is 0.881. The molecule has 0 aliphatic heterocycles. The highest BCUT2D eigenvalue weighted by atomic mass is 19.1. The van der Waals surface area contributed by atoms with E-state index in [1.165, 1.54) is 24.3 Å². The summed E-state index contributed by atoms with van der Waals surface area (Å²) in [7, 11) is 0. The number of nitrogens with zero attached hydrogens (tertiary/aromatic N) is 1. The Morgan fingerprint density at radius 3 is 2.94 bits per heavy atom. The SMILES string of the molecule is O=C(O)c1cc(COc2cccc(F)c2)on1. The van der Waals surface area contributed by atoms with E-state index in [0.717, 1.165) is 0 Å². The molecule has 0 radical (unpaired) electrons. The minimum absolute atomic E-state index is 0.0102. The number of carbonyl (C=O) groups is 1. The highest BCUT2D eigenvalue weighted by Crippen LogP contribution is 2.14. The molecular formula is C11H8FNO4. The van der Waals surface area contributed by atoms with Crippen molar-refractivity contribution >= 4 is 5.97 Å². The van der Waals surface area contributed by atoms with E-state index >= 15 is 0 Å².